The molecule has 7 nitrogen and oxygen atoms in total. The summed E-state index contributed by atoms with van der Waals surface area (Å²) >= 11 is 0. The second-order valence-corrected chi connectivity index (χ2v) is 10.3. The summed E-state index contributed by atoms with van der Waals surface area (Å²) < 4.78 is 12.6. The van der Waals surface area contributed by atoms with Gasteiger partial charge in [-0.1, -0.05) is 26.0 Å². The number of fused-ring (bicyclic) bond motifs is 1. The number of aliphatic hydroxyl groups is 1. The van der Waals surface area contributed by atoms with Crippen LogP contribution in [-0.4, -0.2) is 57.8 Å². The fourth-order valence-electron chi connectivity index (χ4n) is 4.36. The average molecular weight is 444 g/mol. The van der Waals surface area contributed by atoms with Crippen LogP contribution in [0.2, 0.25) is 0 Å². The SMILES string of the molecule is CNc1ccc(C2CCN(c3nc4c(c(NC(CO)C(C)C)n3)S(=O)CC4)CC2)cc1. The van der Waals surface area contributed by atoms with Crippen LogP contribution in [0.15, 0.2) is 29.2 Å². The molecule has 0 aliphatic carbocycles. The maximum absolute atomic E-state index is 12.6. The molecule has 8 heteroatoms. The van der Waals surface area contributed by atoms with Gasteiger partial charge in [0.05, 0.1) is 29.1 Å². The number of benzene rings is 1. The Morgan fingerprint density at radius 3 is 2.52 bits per heavy atom. The van der Waals surface area contributed by atoms with E-state index in [0.29, 0.717) is 29.9 Å². The van der Waals surface area contributed by atoms with Crippen LogP contribution >= 0.6 is 0 Å². The van der Waals surface area contributed by atoms with Crippen molar-refractivity contribution in [3.05, 3.63) is 35.5 Å². The minimum Gasteiger partial charge on any atom is -0.394 e. The first-order chi connectivity index (χ1) is 15.0. The minimum atomic E-state index is -1.08. The van der Waals surface area contributed by atoms with E-state index in [9.17, 15) is 9.32 Å². The van der Waals surface area contributed by atoms with Crippen molar-refractivity contribution >= 4 is 28.3 Å². The normalized spacial score (nSPS) is 20.0. The molecule has 0 spiro atoms. The number of aromatic nitrogens is 2. The van der Waals surface area contributed by atoms with Crippen molar-refractivity contribution in [3.8, 4) is 0 Å². The van der Waals surface area contributed by atoms with Gasteiger partial charge in [0.2, 0.25) is 5.95 Å². The van der Waals surface area contributed by atoms with Crippen molar-refractivity contribution < 1.29 is 9.32 Å². The Bertz CT molecular complexity index is 926. The zero-order chi connectivity index (χ0) is 22.0. The molecule has 0 amide bonds. The largest absolute Gasteiger partial charge is 0.394 e. The van der Waals surface area contributed by atoms with Gasteiger partial charge in [-0.25, -0.2) is 4.98 Å². The molecule has 2 unspecified atom stereocenters. The first-order valence-corrected chi connectivity index (χ1v) is 12.5. The monoisotopic (exact) mass is 443 g/mol. The molecule has 3 N–H and O–H groups in total. The van der Waals surface area contributed by atoms with Crippen molar-refractivity contribution in [1.29, 1.82) is 0 Å². The van der Waals surface area contributed by atoms with Crippen molar-refractivity contribution in [3.63, 3.8) is 0 Å². The summed E-state index contributed by atoms with van der Waals surface area (Å²) in [5, 5.41) is 16.3. The van der Waals surface area contributed by atoms with E-state index >= 15 is 0 Å². The standard InChI is InChI=1S/C23H33N5O2S/c1-15(2)20(14-29)25-22-21-19(10-13-31(21)30)26-23(27-22)28-11-8-17(9-12-28)16-4-6-18(24-3)7-5-16/h4-7,15,17,20,24,29H,8-14H2,1-3H3,(H,25,26,27). The third kappa shape index (κ3) is 4.70. The van der Waals surface area contributed by atoms with Gasteiger partial charge in [-0.3, -0.25) is 4.21 Å². The molecule has 168 valence electrons. The van der Waals surface area contributed by atoms with Gasteiger partial charge in [0.25, 0.3) is 0 Å². The molecule has 1 aromatic carbocycles. The molecule has 0 saturated carbocycles. The highest BCUT2D eigenvalue weighted by molar-refractivity contribution is 7.85. The zero-order valence-corrected chi connectivity index (χ0v) is 19.4. The Morgan fingerprint density at radius 1 is 1.19 bits per heavy atom. The molecule has 0 bridgehead atoms. The van der Waals surface area contributed by atoms with E-state index < -0.39 is 10.8 Å². The van der Waals surface area contributed by atoms with E-state index in [1.54, 1.807) is 0 Å². The molecule has 2 aliphatic rings. The van der Waals surface area contributed by atoms with E-state index in [2.05, 4.69) is 53.6 Å². The maximum atomic E-state index is 12.6. The highest BCUT2D eigenvalue weighted by Crippen LogP contribution is 2.34. The first-order valence-electron chi connectivity index (χ1n) is 11.2. The summed E-state index contributed by atoms with van der Waals surface area (Å²) in [5.41, 5.74) is 3.40. The summed E-state index contributed by atoms with van der Waals surface area (Å²) in [6.07, 6.45) is 2.82. The van der Waals surface area contributed by atoms with Crippen molar-refractivity contribution in [1.82, 2.24) is 9.97 Å². The highest BCUT2D eigenvalue weighted by Gasteiger charge is 2.30. The zero-order valence-electron chi connectivity index (χ0n) is 18.6. The van der Waals surface area contributed by atoms with E-state index in [1.165, 1.54) is 5.56 Å². The van der Waals surface area contributed by atoms with Crippen LogP contribution in [-0.2, 0) is 17.2 Å². The summed E-state index contributed by atoms with van der Waals surface area (Å²) in [5.74, 6) is 2.72. The smallest absolute Gasteiger partial charge is 0.227 e. The van der Waals surface area contributed by atoms with Crippen LogP contribution in [0.25, 0.3) is 0 Å². The number of aliphatic hydroxyl groups excluding tert-OH is 1. The van der Waals surface area contributed by atoms with Gasteiger partial charge in [0.15, 0.2) is 0 Å². The molecule has 31 heavy (non-hydrogen) atoms. The highest BCUT2D eigenvalue weighted by atomic mass is 32.2. The Kier molecular flexibility index (Phi) is 6.77. The quantitative estimate of drug-likeness (QED) is 0.606. The van der Waals surface area contributed by atoms with E-state index in [-0.39, 0.29) is 18.6 Å². The third-order valence-electron chi connectivity index (χ3n) is 6.45. The Hall–Kier alpha value is -2.19. The van der Waals surface area contributed by atoms with Gasteiger partial charge in [0, 0.05) is 38.0 Å². The third-order valence-corrected chi connectivity index (χ3v) is 7.91. The number of aryl methyl sites for hydroxylation is 1. The first kappa shape index (κ1) is 22.0. The summed E-state index contributed by atoms with van der Waals surface area (Å²) in [4.78, 5) is 12.6. The van der Waals surface area contributed by atoms with Crippen LogP contribution in [0.1, 0.15) is 43.9 Å². The van der Waals surface area contributed by atoms with E-state index in [0.717, 1.165) is 42.2 Å². The fourth-order valence-corrected chi connectivity index (χ4v) is 5.67. The summed E-state index contributed by atoms with van der Waals surface area (Å²) in [6, 6.07) is 8.58. The Morgan fingerprint density at radius 2 is 1.90 bits per heavy atom. The van der Waals surface area contributed by atoms with Crippen LogP contribution in [0, 0.1) is 5.92 Å². The summed E-state index contributed by atoms with van der Waals surface area (Å²) in [7, 11) is 0.857. The lowest BCUT2D eigenvalue weighted by atomic mass is 9.89. The molecule has 4 rings (SSSR count). The molecule has 3 heterocycles. The average Bonchev–Trinajstić information content (AvgIpc) is 3.18. The molecule has 1 aromatic heterocycles. The number of hydrogen-bond donors (Lipinski definition) is 3. The van der Waals surface area contributed by atoms with E-state index in [1.807, 2.05) is 7.05 Å². The van der Waals surface area contributed by atoms with Crippen LogP contribution < -0.4 is 15.5 Å². The minimum absolute atomic E-state index is 0.0101. The van der Waals surface area contributed by atoms with Gasteiger partial charge >= 0.3 is 0 Å². The molecule has 2 aromatic rings. The number of nitrogens with zero attached hydrogens (tertiary/aromatic N) is 3. The van der Waals surface area contributed by atoms with E-state index in [4.69, 9.17) is 9.97 Å². The van der Waals surface area contributed by atoms with Crippen molar-refractivity contribution in [2.45, 2.75) is 50.0 Å². The van der Waals surface area contributed by atoms with Gasteiger partial charge in [-0.05, 0) is 42.4 Å². The van der Waals surface area contributed by atoms with Gasteiger partial charge in [-0.2, -0.15) is 4.98 Å². The topological polar surface area (TPSA) is 90.4 Å². The lowest BCUT2D eigenvalue weighted by Gasteiger charge is -2.33. The van der Waals surface area contributed by atoms with Gasteiger partial charge in [-0.15, -0.1) is 0 Å². The molecule has 1 fully saturated rings. The van der Waals surface area contributed by atoms with Gasteiger partial charge < -0.3 is 20.6 Å². The molecule has 2 aliphatic heterocycles. The fraction of sp³-hybridized carbons (Fsp3) is 0.565. The lowest BCUT2D eigenvalue weighted by molar-refractivity contribution is 0.249. The second-order valence-electron chi connectivity index (χ2n) is 8.76. The van der Waals surface area contributed by atoms with Crippen LogP contribution in [0.5, 0.6) is 0 Å². The summed E-state index contributed by atoms with van der Waals surface area (Å²) in [6.45, 7) is 5.92. The number of anilines is 3. The van der Waals surface area contributed by atoms with Crippen LogP contribution in [0.3, 0.4) is 0 Å². The Labute approximate surface area is 187 Å². The predicted octanol–water partition coefficient (Wildman–Crippen LogP) is 2.99. The number of hydrogen-bond acceptors (Lipinski definition) is 7. The van der Waals surface area contributed by atoms with Gasteiger partial charge in [0.1, 0.15) is 10.7 Å². The predicted molar refractivity (Wildman–Crippen MR) is 127 cm³/mol. The number of rotatable bonds is 7. The maximum Gasteiger partial charge on any atom is 0.227 e. The molecular weight excluding hydrogens is 410 g/mol. The molecule has 0 radical (unpaired) electrons. The number of nitrogens with one attached hydrogen (secondary N) is 2. The molecule has 2 atom stereocenters. The van der Waals surface area contributed by atoms with Crippen molar-refractivity contribution in [2.24, 2.45) is 5.92 Å². The molecule has 1 saturated heterocycles. The Balaban J connectivity index is 1.52. The number of piperidine rings is 1. The lowest BCUT2D eigenvalue weighted by Crippen LogP contribution is -2.35. The molecular formula is C23H33N5O2S. The van der Waals surface area contributed by atoms with Crippen LogP contribution in [0.4, 0.5) is 17.5 Å². The van der Waals surface area contributed by atoms with Crippen molar-refractivity contribution in [2.75, 3.05) is 48.0 Å². The second kappa shape index (κ2) is 9.53.